The number of nitrogens with two attached hydrogens (primary N) is 1. The van der Waals surface area contributed by atoms with Crippen molar-refractivity contribution in [2.45, 2.75) is 38.4 Å². The molecule has 0 radical (unpaired) electrons. The molecule has 0 aliphatic carbocycles. The summed E-state index contributed by atoms with van der Waals surface area (Å²) < 4.78 is 5.63. The molecule has 1 fully saturated rings. The number of aromatic nitrogens is 1. The van der Waals surface area contributed by atoms with E-state index in [-0.39, 0.29) is 23.9 Å². The molecule has 7 heteroatoms. The lowest BCUT2D eigenvalue weighted by Gasteiger charge is -2.24. The molecule has 1 aromatic heterocycles. The van der Waals surface area contributed by atoms with Gasteiger partial charge in [-0.15, -0.1) is 0 Å². The van der Waals surface area contributed by atoms with Crippen molar-refractivity contribution in [2.75, 3.05) is 6.54 Å². The highest BCUT2D eigenvalue weighted by Crippen LogP contribution is 2.18. The third-order valence-corrected chi connectivity index (χ3v) is 4.39. The Balaban J connectivity index is 1.52. The Morgan fingerprint density at radius 3 is 2.74 bits per heavy atom. The average Bonchev–Trinajstić information content (AvgIpc) is 3.09. The van der Waals surface area contributed by atoms with E-state index < -0.39 is 6.04 Å². The Morgan fingerprint density at radius 1 is 1.35 bits per heavy atom. The number of fused-ring (bicyclic) bond motifs is 1. The lowest BCUT2D eigenvalue weighted by atomic mass is 9.88. The predicted octanol–water partition coefficient (Wildman–Crippen LogP) is 0.315. The minimum atomic E-state index is -0.550. The molecule has 7 nitrogen and oxygen atoms in total. The Kier molecular flexibility index (Phi) is 4.61. The number of nitrogens with zero attached hydrogens (tertiary/aromatic N) is 1. The summed E-state index contributed by atoms with van der Waals surface area (Å²) in [6.45, 7) is 4.49. The predicted molar refractivity (Wildman–Crippen MR) is 87.4 cm³/mol. The van der Waals surface area contributed by atoms with Crippen molar-refractivity contribution in [2.24, 2.45) is 11.7 Å². The van der Waals surface area contributed by atoms with E-state index in [1.807, 2.05) is 38.1 Å². The first-order valence-corrected chi connectivity index (χ1v) is 7.95. The molecule has 0 bridgehead atoms. The van der Waals surface area contributed by atoms with Crippen molar-refractivity contribution >= 4 is 17.0 Å². The van der Waals surface area contributed by atoms with E-state index in [1.165, 1.54) is 0 Å². The van der Waals surface area contributed by atoms with Gasteiger partial charge in [-0.3, -0.25) is 15.6 Å². The zero-order chi connectivity index (χ0) is 16.4. The summed E-state index contributed by atoms with van der Waals surface area (Å²) in [6.07, 6.45) is 0.541. The van der Waals surface area contributed by atoms with Crippen LogP contribution in [0.5, 0.6) is 0 Å². The van der Waals surface area contributed by atoms with Crippen LogP contribution in [-0.2, 0) is 11.2 Å². The first-order valence-electron chi connectivity index (χ1n) is 7.95. The summed E-state index contributed by atoms with van der Waals surface area (Å²) in [5, 5.41) is 2.87. The largest absolute Gasteiger partial charge is 0.441 e. The maximum absolute atomic E-state index is 12.2. The van der Waals surface area contributed by atoms with E-state index in [1.54, 1.807) is 0 Å². The highest BCUT2D eigenvalue weighted by molar-refractivity contribution is 5.82. The fourth-order valence-electron chi connectivity index (χ4n) is 3.12. The first kappa shape index (κ1) is 15.9. The summed E-state index contributed by atoms with van der Waals surface area (Å²) >= 11 is 0. The quantitative estimate of drug-likeness (QED) is 0.633. The van der Waals surface area contributed by atoms with E-state index >= 15 is 0 Å². The van der Waals surface area contributed by atoms with Crippen LogP contribution in [0.4, 0.5) is 0 Å². The zero-order valence-electron chi connectivity index (χ0n) is 13.4. The zero-order valence-corrected chi connectivity index (χ0v) is 13.4. The Bertz CT molecular complexity index is 643. The number of carbonyl (C=O) groups is 1. The third kappa shape index (κ3) is 3.36. The Hall–Kier alpha value is -1.96. The number of hydrogen-bond donors (Lipinski definition) is 4. The van der Waals surface area contributed by atoms with Crippen LogP contribution in [0.3, 0.4) is 0 Å². The van der Waals surface area contributed by atoms with Gasteiger partial charge in [0.2, 0.25) is 5.91 Å². The normalized spacial score (nSPS) is 25.6. The topological polar surface area (TPSA) is 105 Å². The smallest absolute Gasteiger partial charge is 0.237 e. The van der Waals surface area contributed by atoms with Gasteiger partial charge in [-0.1, -0.05) is 12.1 Å². The molecule has 23 heavy (non-hydrogen) atoms. The minimum Gasteiger partial charge on any atom is -0.441 e. The van der Waals surface area contributed by atoms with Gasteiger partial charge in [0.05, 0.1) is 6.04 Å². The molecule has 1 amide bonds. The van der Waals surface area contributed by atoms with Crippen molar-refractivity contribution in [3.8, 4) is 0 Å². The lowest BCUT2D eigenvalue weighted by molar-refractivity contribution is -0.123. The number of amides is 1. The van der Waals surface area contributed by atoms with E-state index in [9.17, 15) is 4.79 Å². The number of carbonyl (C=O) groups excluding carboxylic acids is 1. The number of para-hydroxylation sites is 2. The SMILES string of the molecule is CC1NNC(C)C1C(N)C(=O)NCCc1nc2ccccc2o1. The molecule has 1 aromatic carbocycles. The van der Waals surface area contributed by atoms with Crippen LogP contribution in [0.2, 0.25) is 0 Å². The summed E-state index contributed by atoms with van der Waals surface area (Å²) in [5.74, 6) is 0.528. The van der Waals surface area contributed by atoms with Gasteiger partial charge in [-0.2, -0.15) is 0 Å². The van der Waals surface area contributed by atoms with Gasteiger partial charge in [0.1, 0.15) is 5.52 Å². The second-order valence-electron chi connectivity index (χ2n) is 6.09. The molecular formula is C16H23N5O2. The van der Waals surface area contributed by atoms with Crippen LogP contribution >= 0.6 is 0 Å². The molecule has 0 spiro atoms. The maximum atomic E-state index is 12.2. The molecule has 3 rings (SSSR count). The van der Waals surface area contributed by atoms with Crippen molar-refractivity contribution in [1.82, 2.24) is 21.2 Å². The number of oxazole rings is 1. The number of hydrazine groups is 1. The van der Waals surface area contributed by atoms with Crippen LogP contribution in [0, 0.1) is 5.92 Å². The maximum Gasteiger partial charge on any atom is 0.237 e. The van der Waals surface area contributed by atoms with Gasteiger partial charge >= 0.3 is 0 Å². The van der Waals surface area contributed by atoms with Gasteiger partial charge in [0.25, 0.3) is 0 Å². The first-order chi connectivity index (χ1) is 11.1. The Labute approximate surface area is 135 Å². The number of hydrogen-bond acceptors (Lipinski definition) is 6. The number of rotatable bonds is 5. The molecule has 1 aliphatic rings. The number of nitrogens with one attached hydrogen (secondary N) is 3. The van der Waals surface area contributed by atoms with E-state index in [0.29, 0.717) is 18.9 Å². The van der Waals surface area contributed by atoms with Crippen LogP contribution in [0.1, 0.15) is 19.7 Å². The molecule has 3 atom stereocenters. The average molecular weight is 317 g/mol. The summed E-state index contributed by atoms with van der Waals surface area (Å²) in [5.41, 5.74) is 13.9. The molecule has 2 aromatic rings. The molecule has 1 aliphatic heterocycles. The lowest BCUT2D eigenvalue weighted by Crippen LogP contribution is -2.51. The molecule has 1 saturated heterocycles. The van der Waals surface area contributed by atoms with Crippen molar-refractivity contribution in [1.29, 1.82) is 0 Å². The van der Waals surface area contributed by atoms with Gasteiger partial charge in [0.15, 0.2) is 11.5 Å². The summed E-state index contributed by atoms with van der Waals surface area (Å²) in [6, 6.07) is 7.37. The second kappa shape index (κ2) is 6.66. The molecule has 3 unspecified atom stereocenters. The van der Waals surface area contributed by atoms with Gasteiger partial charge < -0.3 is 15.5 Å². The van der Waals surface area contributed by atoms with Crippen molar-refractivity contribution < 1.29 is 9.21 Å². The summed E-state index contributed by atoms with van der Waals surface area (Å²) in [4.78, 5) is 16.6. The van der Waals surface area contributed by atoms with Crippen LogP contribution < -0.4 is 21.9 Å². The van der Waals surface area contributed by atoms with E-state index in [2.05, 4.69) is 21.2 Å². The fraction of sp³-hybridized carbons (Fsp3) is 0.500. The molecule has 5 N–H and O–H groups in total. The third-order valence-electron chi connectivity index (χ3n) is 4.39. The monoisotopic (exact) mass is 317 g/mol. The van der Waals surface area contributed by atoms with Crippen LogP contribution in [-0.4, -0.2) is 35.6 Å². The van der Waals surface area contributed by atoms with E-state index in [4.69, 9.17) is 10.2 Å². The van der Waals surface area contributed by atoms with Crippen LogP contribution in [0.25, 0.3) is 11.1 Å². The van der Waals surface area contributed by atoms with Crippen molar-refractivity contribution in [3.05, 3.63) is 30.2 Å². The standard InChI is InChI=1S/C16H23N5O2/c1-9-14(10(2)21-20-9)15(17)16(22)18-8-7-13-19-11-5-3-4-6-12(11)23-13/h3-6,9-10,14-15,20-21H,7-8,17H2,1-2H3,(H,18,22). The van der Waals surface area contributed by atoms with Gasteiger partial charge in [-0.25, -0.2) is 4.98 Å². The second-order valence-corrected chi connectivity index (χ2v) is 6.09. The summed E-state index contributed by atoms with van der Waals surface area (Å²) in [7, 11) is 0. The van der Waals surface area contributed by atoms with Gasteiger partial charge in [-0.05, 0) is 26.0 Å². The van der Waals surface area contributed by atoms with E-state index in [0.717, 1.165) is 11.1 Å². The highest BCUT2D eigenvalue weighted by Gasteiger charge is 2.37. The van der Waals surface area contributed by atoms with Gasteiger partial charge in [0, 0.05) is 31.0 Å². The minimum absolute atomic E-state index is 0.0549. The molecule has 2 heterocycles. The van der Waals surface area contributed by atoms with Crippen molar-refractivity contribution in [3.63, 3.8) is 0 Å². The molecule has 0 saturated carbocycles. The van der Waals surface area contributed by atoms with Crippen LogP contribution in [0.15, 0.2) is 28.7 Å². The molecule has 124 valence electrons. The Morgan fingerprint density at radius 2 is 2.04 bits per heavy atom. The number of benzene rings is 1. The fourth-order valence-corrected chi connectivity index (χ4v) is 3.12. The highest BCUT2D eigenvalue weighted by atomic mass is 16.3. The molecular weight excluding hydrogens is 294 g/mol.